The fourth-order valence-corrected chi connectivity index (χ4v) is 4.66. The van der Waals surface area contributed by atoms with Gasteiger partial charge in [0.1, 0.15) is 0 Å². The van der Waals surface area contributed by atoms with Crippen molar-refractivity contribution in [3.63, 3.8) is 0 Å². The van der Waals surface area contributed by atoms with E-state index >= 15 is 0 Å². The van der Waals surface area contributed by atoms with E-state index in [1.807, 2.05) is 23.1 Å². The van der Waals surface area contributed by atoms with Crippen LogP contribution in [0, 0.1) is 5.41 Å². The molecule has 1 unspecified atom stereocenters. The number of nitrogens with one attached hydrogen (secondary N) is 1. The average Bonchev–Trinajstić information content (AvgIpc) is 2.78. The Labute approximate surface area is 112 Å². The van der Waals surface area contributed by atoms with Gasteiger partial charge in [-0.1, -0.05) is 19.9 Å². The van der Waals surface area contributed by atoms with Gasteiger partial charge in [-0.2, -0.15) is 11.8 Å². The van der Waals surface area contributed by atoms with E-state index in [-0.39, 0.29) is 5.54 Å². The van der Waals surface area contributed by atoms with Crippen LogP contribution in [0.1, 0.15) is 25.1 Å². The van der Waals surface area contributed by atoms with Gasteiger partial charge in [-0.25, -0.2) is 0 Å². The lowest BCUT2D eigenvalue weighted by Gasteiger charge is -2.44. The van der Waals surface area contributed by atoms with Crippen molar-refractivity contribution in [1.82, 2.24) is 5.32 Å². The van der Waals surface area contributed by atoms with E-state index in [2.05, 4.69) is 36.7 Å². The van der Waals surface area contributed by atoms with Crippen LogP contribution in [-0.4, -0.2) is 23.6 Å². The normalized spacial score (nSPS) is 28.2. The zero-order valence-electron chi connectivity index (χ0n) is 10.7. The Morgan fingerprint density at radius 2 is 2.24 bits per heavy atom. The second kappa shape index (κ2) is 5.31. The predicted molar refractivity (Wildman–Crippen MR) is 78.7 cm³/mol. The first-order valence-corrected chi connectivity index (χ1v) is 8.14. The van der Waals surface area contributed by atoms with Crippen molar-refractivity contribution in [2.45, 2.75) is 32.4 Å². The van der Waals surface area contributed by atoms with Crippen molar-refractivity contribution in [3.05, 3.63) is 22.4 Å². The van der Waals surface area contributed by atoms with Gasteiger partial charge in [-0.3, -0.25) is 0 Å². The van der Waals surface area contributed by atoms with E-state index in [0.717, 1.165) is 18.8 Å². The smallest absolute Gasteiger partial charge is 0.0403 e. The van der Waals surface area contributed by atoms with Gasteiger partial charge in [0.15, 0.2) is 0 Å². The molecule has 1 saturated heterocycles. The molecule has 1 aliphatic heterocycles. The molecule has 1 aliphatic rings. The summed E-state index contributed by atoms with van der Waals surface area (Å²) in [6.45, 7) is 6.37. The van der Waals surface area contributed by atoms with Crippen molar-refractivity contribution in [3.8, 4) is 0 Å². The highest BCUT2D eigenvalue weighted by Gasteiger charge is 2.39. The highest BCUT2D eigenvalue weighted by atomic mass is 32.2. The lowest BCUT2D eigenvalue weighted by molar-refractivity contribution is 0.227. The van der Waals surface area contributed by atoms with Gasteiger partial charge >= 0.3 is 0 Å². The van der Waals surface area contributed by atoms with Crippen LogP contribution < -0.4 is 11.1 Å². The van der Waals surface area contributed by atoms with Crippen molar-refractivity contribution >= 4 is 23.1 Å². The van der Waals surface area contributed by atoms with E-state index < -0.39 is 0 Å². The number of hydrogen-bond donors (Lipinski definition) is 2. The van der Waals surface area contributed by atoms with E-state index in [4.69, 9.17) is 5.73 Å². The molecular weight excluding hydrogens is 248 g/mol. The number of rotatable bonds is 4. The molecule has 0 amide bonds. The third kappa shape index (κ3) is 3.47. The van der Waals surface area contributed by atoms with E-state index in [9.17, 15) is 0 Å². The zero-order chi connectivity index (χ0) is 12.4. The van der Waals surface area contributed by atoms with Crippen LogP contribution in [-0.2, 0) is 6.54 Å². The minimum absolute atomic E-state index is 0.121. The van der Waals surface area contributed by atoms with Gasteiger partial charge in [0.2, 0.25) is 0 Å². The molecule has 0 spiro atoms. The molecular formula is C13H22N2S2. The minimum atomic E-state index is 0.121. The summed E-state index contributed by atoms with van der Waals surface area (Å²) >= 11 is 3.84. The number of thioether (sulfide) groups is 1. The predicted octanol–water partition coefficient (Wildman–Crippen LogP) is 2.70. The van der Waals surface area contributed by atoms with Crippen LogP contribution in [0.2, 0.25) is 0 Å². The molecule has 1 aromatic heterocycles. The molecule has 17 heavy (non-hydrogen) atoms. The standard InChI is InChI=1S/C13H22N2S2/c1-12(2)7-13(8-14,10-16-9-12)15-6-11-4-3-5-17-11/h3-5,15H,6-10,14H2,1-2H3. The molecule has 0 aliphatic carbocycles. The molecule has 1 aromatic rings. The Morgan fingerprint density at radius 3 is 2.82 bits per heavy atom. The first-order chi connectivity index (χ1) is 8.05. The molecule has 4 heteroatoms. The van der Waals surface area contributed by atoms with Crippen LogP contribution in [0.4, 0.5) is 0 Å². The Kier molecular flexibility index (Phi) is 4.18. The lowest BCUT2D eigenvalue weighted by Crippen LogP contribution is -2.57. The van der Waals surface area contributed by atoms with Crippen molar-refractivity contribution < 1.29 is 0 Å². The highest BCUT2D eigenvalue weighted by Crippen LogP contribution is 2.38. The van der Waals surface area contributed by atoms with Gasteiger partial charge in [0.05, 0.1) is 0 Å². The lowest BCUT2D eigenvalue weighted by atomic mass is 9.80. The van der Waals surface area contributed by atoms with Crippen LogP contribution >= 0.6 is 23.1 Å². The molecule has 3 N–H and O–H groups in total. The Balaban J connectivity index is 1.99. The topological polar surface area (TPSA) is 38.0 Å². The molecule has 1 fully saturated rings. The molecule has 0 aromatic carbocycles. The molecule has 0 saturated carbocycles. The molecule has 1 atom stereocenters. The number of nitrogens with two attached hydrogens (primary N) is 1. The summed E-state index contributed by atoms with van der Waals surface area (Å²) < 4.78 is 0. The van der Waals surface area contributed by atoms with Gasteiger partial charge in [0.25, 0.3) is 0 Å². The van der Waals surface area contributed by atoms with Gasteiger partial charge < -0.3 is 11.1 Å². The van der Waals surface area contributed by atoms with E-state index in [0.29, 0.717) is 5.41 Å². The van der Waals surface area contributed by atoms with Crippen LogP contribution in [0.15, 0.2) is 17.5 Å². The summed E-state index contributed by atoms with van der Waals surface area (Å²) in [6.07, 6.45) is 1.18. The second-order valence-corrected chi connectivity index (χ2v) is 7.77. The molecule has 0 bridgehead atoms. The molecule has 96 valence electrons. The highest BCUT2D eigenvalue weighted by molar-refractivity contribution is 7.99. The Morgan fingerprint density at radius 1 is 1.41 bits per heavy atom. The SMILES string of the molecule is CC1(C)CSCC(CN)(NCc2cccs2)C1. The van der Waals surface area contributed by atoms with E-state index in [1.165, 1.54) is 17.1 Å². The zero-order valence-corrected chi connectivity index (χ0v) is 12.3. The van der Waals surface area contributed by atoms with Crippen LogP contribution in [0.25, 0.3) is 0 Å². The first kappa shape index (κ1) is 13.4. The van der Waals surface area contributed by atoms with E-state index in [1.54, 1.807) is 0 Å². The summed E-state index contributed by atoms with van der Waals surface area (Å²) in [4.78, 5) is 1.39. The maximum absolute atomic E-state index is 6.03. The van der Waals surface area contributed by atoms with Crippen molar-refractivity contribution in [2.24, 2.45) is 11.1 Å². The third-order valence-corrected chi connectivity index (χ3v) is 5.92. The third-order valence-electron chi connectivity index (χ3n) is 3.30. The van der Waals surface area contributed by atoms with Crippen LogP contribution in [0.3, 0.4) is 0 Å². The molecule has 2 heterocycles. The fourth-order valence-electron chi connectivity index (χ4n) is 2.55. The average molecular weight is 270 g/mol. The van der Waals surface area contributed by atoms with Crippen molar-refractivity contribution in [1.29, 1.82) is 0 Å². The first-order valence-electron chi connectivity index (χ1n) is 6.11. The monoisotopic (exact) mass is 270 g/mol. The number of hydrogen-bond acceptors (Lipinski definition) is 4. The quantitative estimate of drug-likeness (QED) is 0.883. The summed E-state index contributed by atoms with van der Waals surface area (Å²) in [7, 11) is 0. The maximum Gasteiger partial charge on any atom is 0.0403 e. The van der Waals surface area contributed by atoms with Gasteiger partial charge in [0, 0.05) is 29.3 Å². The molecule has 2 nitrogen and oxygen atoms in total. The van der Waals surface area contributed by atoms with Gasteiger partial charge in [-0.05, 0) is 29.0 Å². The maximum atomic E-state index is 6.03. The Hall–Kier alpha value is -0.0300. The largest absolute Gasteiger partial charge is 0.329 e. The van der Waals surface area contributed by atoms with Crippen LogP contribution in [0.5, 0.6) is 0 Å². The molecule has 2 rings (SSSR count). The number of thiophene rings is 1. The second-order valence-electron chi connectivity index (χ2n) is 5.75. The summed E-state index contributed by atoms with van der Waals surface area (Å²) in [5.41, 5.74) is 6.54. The molecule has 0 radical (unpaired) electrons. The van der Waals surface area contributed by atoms with Gasteiger partial charge in [-0.15, -0.1) is 11.3 Å². The Bertz CT molecular complexity index is 348. The van der Waals surface area contributed by atoms with Crippen molar-refractivity contribution in [2.75, 3.05) is 18.1 Å². The summed E-state index contributed by atoms with van der Waals surface area (Å²) in [5.74, 6) is 2.38. The summed E-state index contributed by atoms with van der Waals surface area (Å²) in [5, 5.41) is 5.84. The fraction of sp³-hybridized carbons (Fsp3) is 0.692. The summed E-state index contributed by atoms with van der Waals surface area (Å²) in [6, 6.07) is 4.29. The minimum Gasteiger partial charge on any atom is -0.329 e.